The maximum Gasteiger partial charge on any atom is 0.108 e. The van der Waals surface area contributed by atoms with Crippen molar-refractivity contribution in [3.8, 4) is 0 Å². The lowest BCUT2D eigenvalue weighted by atomic mass is 9.79. The summed E-state index contributed by atoms with van der Waals surface area (Å²) in [5.74, 6) is 2.22. The first kappa shape index (κ1) is 34.1. The summed E-state index contributed by atoms with van der Waals surface area (Å²) in [4.78, 5) is 4.76. The summed E-state index contributed by atoms with van der Waals surface area (Å²) in [6.45, 7) is 8.99. The molecule has 2 aromatic rings. The van der Waals surface area contributed by atoms with Crippen molar-refractivity contribution in [2.45, 2.75) is 146 Å². The van der Waals surface area contributed by atoms with Crippen molar-refractivity contribution >= 4 is 73.6 Å². The Hall–Kier alpha value is 0.260. The predicted octanol–water partition coefficient (Wildman–Crippen LogP) is 9.33. The van der Waals surface area contributed by atoms with E-state index in [1.54, 1.807) is 0 Å². The number of benzene rings is 1. The normalized spacial score (nSPS) is 16.6. The van der Waals surface area contributed by atoms with Crippen molar-refractivity contribution < 1.29 is 10.2 Å². The third kappa shape index (κ3) is 8.30. The van der Waals surface area contributed by atoms with Gasteiger partial charge in [0.25, 0.3) is 0 Å². The van der Waals surface area contributed by atoms with Crippen LogP contribution < -0.4 is 0 Å². The molecule has 0 fully saturated rings. The topological polar surface area (TPSA) is 45.4 Å². The van der Waals surface area contributed by atoms with Crippen LogP contribution in [0.3, 0.4) is 0 Å². The van der Waals surface area contributed by atoms with Gasteiger partial charge >= 0.3 is 0 Å². The van der Waals surface area contributed by atoms with Gasteiger partial charge in [-0.05, 0) is 112 Å². The quantitative estimate of drug-likeness (QED) is 0.103. The highest BCUT2D eigenvalue weighted by Crippen LogP contribution is 2.45. The zero-order valence-corrected chi connectivity index (χ0v) is 30.0. The number of thiol groups is 3. The average Bonchev–Trinajstić information content (AvgIpc) is 3.53. The molecule has 0 saturated carbocycles. The van der Waals surface area contributed by atoms with Crippen molar-refractivity contribution in [1.29, 1.82) is 0 Å². The summed E-state index contributed by atoms with van der Waals surface area (Å²) < 4.78 is 3.05. The summed E-state index contributed by atoms with van der Waals surface area (Å²) >= 11 is 24.1. The first-order chi connectivity index (χ1) is 19.3. The highest BCUT2D eigenvalue weighted by Gasteiger charge is 2.30. The van der Waals surface area contributed by atoms with Crippen LogP contribution in [0.15, 0.2) is 36.7 Å². The molecule has 0 bridgehead atoms. The smallest absolute Gasteiger partial charge is 0.108 e. The molecule has 2 aliphatic heterocycles. The molecule has 2 unspecified atom stereocenters. The standard InChI is InChI=1S/C32H47NO2S6/c1-31(2,28-24(36)18-25-22(29(28)38)12-16-40-25)14-6-10-20(34)8-5-9-21(35)11-7-15-32(3,4)33-27(37)19-26-23(30(33)39)13-17-41-26/h18-21,34-36,38-39H,5-17H2,1-4H3. The van der Waals surface area contributed by atoms with E-state index in [1.807, 2.05) is 23.5 Å². The second-order valence-electron chi connectivity index (χ2n) is 13.0. The first-order valence-electron chi connectivity index (χ1n) is 15.0. The summed E-state index contributed by atoms with van der Waals surface area (Å²) in [7, 11) is 0. The minimum absolute atomic E-state index is 0.0447. The lowest BCUT2D eigenvalue weighted by Crippen LogP contribution is -2.29. The van der Waals surface area contributed by atoms with E-state index in [9.17, 15) is 10.2 Å². The van der Waals surface area contributed by atoms with E-state index in [4.69, 9.17) is 50.1 Å². The Labute approximate surface area is 277 Å². The van der Waals surface area contributed by atoms with E-state index in [0.29, 0.717) is 0 Å². The van der Waals surface area contributed by atoms with Crippen molar-refractivity contribution in [1.82, 2.24) is 4.57 Å². The van der Waals surface area contributed by atoms with Gasteiger partial charge < -0.3 is 14.8 Å². The molecule has 9 heteroatoms. The van der Waals surface area contributed by atoms with Crippen molar-refractivity contribution in [2.24, 2.45) is 0 Å². The van der Waals surface area contributed by atoms with Crippen LogP contribution in [0.25, 0.3) is 0 Å². The number of aliphatic hydroxyl groups is 2. The number of hydrogen-bond donors (Lipinski definition) is 5. The Morgan fingerprint density at radius 3 is 2.00 bits per heavy atom. The second kappa shape index (κ2) is 14.6. The third-order valence-corrected chi connectivity index (χ3v) is 12.6. The van der Waals surface area contributed by atoms with Gasteiger partial charge in [0, 0.05) is 36.6 Å². The number of nitrogens with zero attached hydrogens (tertiary/aromatic N) is 1. The Bertz CT molecular complexity index is 1290. The number of thioether (sulfide) groups is 2. The first-order valence-corrected chi connectivity index (χ1v) is 18.7. The molecule has 0 saturated heterocycles. The third-order valence-electron chi connectivity index (χ3n) is 8.84. The van der Waals surface area contributed by atoms with E-state index >= 15 is 0 Å². The van der Waals surface area contributed by atoms with Gasteiger partial charge in [0.05, 0.1) is 17.2 Å². The van der Waals surface area contributed by atoms with Crippen LogP contribution in [0.1, 0.15) is 102 Å². The van der Waals surface area contributed by atoms with Crippen LogP contribution in [0.4, 0.5) is 0 Å². The molecule has 0 aliphatic carbocycles. The van der Waals surface area contributed by atoms with E-state index in [0.717, 1.165) is 102 Å². The Balaban J connectivity index is 1.17. The molecule has 3 nitrogen and oxygen atoms in total. The van der Waals surface area contributed by atoms with E-state index in [1.165, 1.54) is 26.5 Å². The Morgan fingerprint density at radius 2 is 1.37 bits per heavy atom. The molecule has 2 aliphatic rings. The average molecular weight is 670 g/mol. The molecular formula is C32H47NO2S6. The molecule has 0 amide bonds. The van der Waals surface area contributed by atoms with Gasteiger partial charge in [0.1, 0.15) is 4.64 Å². The van der Waals surface area contributed by atoms with Crippen LogP contribution in [-0.2, 0) is 23.8 Å². The summed E-state index contributed by atoms with van der Waals surface area (Å²) in [6.07, 6.45) is 9.12. The van der Waals surface area contributed by atoms with E-state index in [2.05, 4.69) is 44.4 Å². The summed E-state index contributed by atoms with van der Waals surface area (Å²) in [5, 5.41) is 22.3. The molecule has 2 N–H and O–H groups in total. The SMILES string of the molecule is CC(C)(CCCC(O)CCCC(O)CCCC(C)(C)n1c(S)c2c(cc1=S)SCC2)c1c(S)cc2c(c1S)CCS2. The van der Waals surface area contributed by atoms with Gasteiger partial charge in [-0.25, -0.2) is 0 Å². The Morgan fingerprint density at radius 1 is 0.829 bits per heavy atom. The van der Waals surface area contributed by atoms with Gasteiger partial charge in [0.15, 0.2) is 0 Å². The highest BCUT2D eigenvalue weighted by molar-refractivity contribution is 8.00. The van der Waals surface area contributed by atoms with Crippen LogP contribution >= 0.6 is 73.6 Å². The number of hydrogen-bond acceptors (Lipinski definition) is 8. The summed E-state index contributed by atoms with van der Waals surface area (Å²) in [5.41, 5.74) is 3.74. The van der Waals surface area contributed by atoms with Gasteiger partial charge in [-0.2, -0.15) is 0 Å². The van der Waals surface area contributed by atoms with E-state index < -0.39 is 0 Å². The van der Waals surface area contributed by atoms with Crippen LogP contribution in [-0.4, -0.2) is 38.5 Å². The lowest BCUT2D eigenvalue weighted by molar-refractivity contribution is 0.118. The number of aliphatic hydroxyl groups excluding tert-OH is 2. The lowest BCUT2D eigenvalue weighted by Gasteiger charge is -2.32. The fourth-order valence-corrected chi connectivity index (χ4v) is 11.4. The largest absolute Gasteiger partial charge is 0.393 e. The fourth-order valence-electron chi connectivity index (χ4n) is 6.46. The molecule has 3 heterocycles. The highest BCUT2D eigenvalue weighted by atomic mass is 32.2. The number of fused-ring (bicyclic) bond motifs is 2. The number of rotatable bonds is 14. The van der Waals surface area contributed by atoms with Crippen LogP contribution in [0.5, 0.6) is 0 Å². The number of pyridine rings is 1. The molecule has 1 aromatic heterocycles. The molecule has 2 atom stereocenters. The van der Waals surface area contributed by atoms with Gasteiger partial charge in [0.2, 0.25) is 0 Å². The van der Waals surface area contributed by atoms with Gasteiger partial charge in [-0.3, -0.25) is 0 Å². The maximum atomic E-state index is 10.7. The minimum atomic E-state index is -0.336. The number of aromatic nitrogens is 1. The second-order valence-corrected chi connectivity index (χ2v) is 17.0. The molecule has 228 valence electrons. The van der Waals surface area contributed by atoms with Crippen LogP contribution in [0.2, 0.25) is 0 Å². The molecule has 41 heavy (non-hydrogen) atoms. The zero-order valence-electron chi connectivity index (χ0n) is 24.9. The predicted molar refractivity (Wildman–Crippen MR) is 188 cm³/mol. The van der Waals surface area contributed by atoms with Crippen molar-refractivity contribution in [2.75, 3.05) is 11.5 Å². The fraction of sp³-hybridized carbons (Fsp3) is 0.656. The molecule has 4 rings (SSSR count). The molecule has 1 aromatic carbocycles. The van der Waals surface area contributed by atoms with Gasteiger partial charge in [-0.15, -0.1) is 61.4 Å². The molecule has 0 radical (unpaired) electrons. The minimum Gasteiger partial charge on any atom is -0.393 e. The maximum absolute atomic E-state index is 10.7. The molecular weight excluding hydrogens is 623 g/mol. The molecule has 0 spiro atoms. The monoisotopic (exact) mass is 669 g/mol. The Kier molecular flexibility index (Phi) is 12.1. The van der Waals surface area contributed by atoms with Gasteiger partial charge in [-0.1, -0.05) is 32.5 Å². The van der Waals surface area contributed by atoms with Crippen molar-refractivity contribution in [3.63, 3.8) is 0 Å². The van der Waals surface area contributed by atoms with E-state index in [-0.39, 0.29) is 23.2 Å². The van der Waals surface area contributed by atoms with Crippen LogP contribution in [0, 0.1) is 4.64 Å². The summed E-state index contributed by atoms with van der Waals surface area (Å²) in [6, 6.07) is 4.35. The van der Waals surface area contributed by atoms with Crippen molar-refractivity contribution in [3.05, 3.63) is 33.5 Å². The zero-order chi connectivity index (χ0) is 29.9.